The topological polar surface area (TPSA) is 133 Å². The summed E-state index contributed by atoms with van der Waals surface area (Å²) >= 11 is 0. The Balaban J connectivity index is 1.37. The number of benzene rings is 2. The number of aliphatic carboxylic acids is 1. The summed E-state index contributed by atoms with van der Waals surface area (Å²) in [6.07, 6.45) is 3.20. The van der Waals surface area contributed by atoms with Crippen molar-refractivity contribution in [3.05, 3.63) is 71.8 Å². The fraction of sp³-hybridized carbons (Fsp3) is 0.448. The van der Waals surface area contributed by atoms with Crippen LogP contribution in [-0.2, 0) is 32.0 Å². The minimum Gasteiger partial charge on any atom is -0.480 e. The SMILES string of the molecule is NC(CC(=O)N1CCC[C@H]1C(=O)N1CCC[C@H]1C(=O)N[C@@H](Cc1ccccc1)C(=O)O)Cc1ccccc1. The number of hydrogen-bond acceptors (Lipinski definition) is 5. The molecule has 1 unspecified atom stereocenters. The largest absolute Gasteiger partial charge is 0.480 e. The maximum absolute atomic E-state index is 13.6. The van der Waals surface area contributed by atoms with Crippen molar-refractivity contribution < 1.29 is 24.3 Å². The van der Waals surface area contributed by atoms with Crippen LogP contribution in [0.2, 0.25) is 0 Å². The smallest absolute Gasteiger partial charge is 0.326 e. The molecule has 2 aliphatic heterocycles. The monoisotopic (exact) mass is 520 g/mol. The molecule has 0 saturated carbocycles. The van der Waals surface area contributed by atoms with E-state index in [0.717, 1.165) is 11.1 Å². The van der Waals surface area contributed by atoms with E-state index in [9.17, 15) is 24.3 Å². The summed E-state index contributed by atoms with van der Waals surface area (Å²) in [6.45, 7) is 0.884. The van der Waals surface area contributed by atoms with Gasteiger partial charge in [0, 0.05) is 32.0 Å². The molecule has 2 saturated heterocycles. The first-order chi connectivity index (χ1) is 18.3. The van der Waals surface area contributed by atoms with Gasteiger partial charge in [0.1, 0.15) is 18.1 Å². The standard InChI is InChI=1S/C29H36N4O5/c30-22(17-20-9-3-1-4-10-20)19-26(34)32-15-8-14-25(32)28(36)33-16-7-13-24(33)27(35)31-23(29(37)38)18-21-11-5-2-6-12-21/h1-6,9-12,22-25H,7-8,13-19,30H2,(H,31,35)(H,37,38)/t22?,23-,24-,25-/m0/s1. The van der Waals surface area contributed by atoms with Crippen LogP contribution in [0.1, 0.15) is 43.2 Å². The first-order valence-electron chi connectivity index (χ1n) is 13.3. The third-order valence-electron chi connectivity index (χ3n) is 7.37. The maximum atomic E-state index is 13.6. The third-order valence-corrected chi connectivity index (χ3v) is 7.37. The number of carboxylic acids is 1. The zero-order valence-corrected chi connectivity index (χ0v) is 21.5. The van der Waals surface area contributed by atoms with Gasteiger partial charge in [-0.25, -0.2) is 4.79 Å². The van der Waals surface area contributed by atoms with Crippen LogP contribution in [0.4, 0.5) is 0 Å². The highest BCUT2D eigenvalue weighted by Gasteiger charge is 2.42. The Hall–Kier alpha value is -3.72. The Morgan fingerprint density at radius 3 is 2.00 bits per heavy atom. The van der Waals surface area contributed by atoms with E-state index in [2.05, 4.69) is 5.32 Å². The molecule has 2 heterocycles. The Morgan fingerprint density at radius 2 is 1.39 bits per heavy atom. The van der Waals surface area contributed by atoms with E-state index < -0.39 is 30.0 Å². The Kier molecular flexibility index (Phi) is 9.12. The molecular formula is C29H36N4O5. The predicted molar refractivity (Wildman–Crippen MR) is 142 cm³/mol. The number of hydrogen-bond donors (Lipinski definition) is 3. The molecule has 0 spiro atoms. The van der Waals surface area contributed by atoms with Gasteiger partial charge in [-0.15, -0.1) is 0 Å². The summed E-state index contributed by atoms with van der Waals surface area (Å²) in [6, 6.07) is 16.0. The van der Waals surface area contributed by atoms with Crippen LogP contribution in [0.25, 0.3) is 0 Å². The average Bonchev–Trinajstić information content (AvgIpc) is 3.59. The second-order valence-electron chi connectivity index (χ2n) is 10.2. The quantitative estimate of drug-likeness (QED) is 0.437. The predicted octanol–water partition coefficient (Wildman–Crippen LogP) is 1.74. The molecule has 4 atom stereocenters. The Labute approximate surface area is 223 Å². The van der Waals surface area contributed by atoms with Crippen molar-refractivity contribution in [2.75, 3.05) is 13.1 Å². The number of nitrogens with two attached hydrogens (primary N) is 1. The molecule has 38 heavy (non-hydrogen) atoms. The molecule has 9 heteroatoms. The zero-order chi connectivity index (χ0) is 27.1. The number of likely N-dealkylation sites (tertiary alicyclic amines) is 2. The van der Waals surface area contributed by atoms with Crippen molar-refractivity contribution in [1.29, 1.82) is 0 Å². The van der Waals surface area contributed by atoms with Crippen LogP contribution in [-0.4, -0.2) is 75.9 Å². The van der Waals surface area contributed by atoms with E-state index in [4.69, 9.17) is 5.73 Å². The molecule has 2 aromatic rings. The van der Waals surface area contributed by atoms with E-state index in [1.54, 1.807) is 4.90 Å². The molecule has 2 aromatic carbocycles. The first-order valence-corrected chi connectivity index (χ1v) is 13.3. The minimum absolute atomic E-state index is 0.141. The Bertz CT molecular complexity index is 1130. The fourth-order valence-electron chi connectivity index (χ4n) is 5.46. The molecule has 3 amide bonds. The van der Waals surface area contributed by atoms with E-state index in [-0.39, 0.29) is 30.7 Å². The molecule has 0 aromatic heterocycles. The molecule has 202 valence electrons. The van der Waals surface area contributed by atoms with Gasteiger partial charge < -0.3 is 26.0 Å². The van der Waals surface area contributed by atoms with Crippen molar-refractivity contribution in [3.8, 4) is 0 Å². The first kappa shape index (κ1) is 27.3. The molecule has 0 radical (unpaired) electrons. The fourth-order valence-corrected chi connectivity index (χ4v) is 5.46. The molecule has 0 aliphatic carbocycles. The van der Waals surface area contributed by atoms with Crippen molar-refractivity contribution in [1.82, 2.24) is 15.1 Å². The van der Waals surface area contributed by atoms with Crippen LogP contribution in [0.5, 0.6) is 0 Å². The van der Waals surface area contributed by atoms with Crippen molar-refractivity contribution in [3.63, 3.8) is 0 Å². The highest BCUT2D eigenvalue weighted by atomic mass is 16.4. The van der Waals surface area contributed by atoms with Gasteiger partial charge in [-0.05, 0) is 43.2 Å². The minimum atomic E-state index is -1.13. The van der Waals surface area contributed by atoms with Crippen LogP contribution < -0.4 is 11.1 Å². The summed E-state index contributed by atoms with van der Waals surface area (Å²) in [5.41, 5.74) is 8.11. The van der Waals surface area contributed by atoms with E-state index in [1.165, 1.54) is 4.90 Å². The van der Waals surface area contributed by atoms with Gasteiger partial charge in [0.05, 0.1) is 0 Å². The summed E-state index contributed by atoms with van der Waals surface area (Å²) < 4.78 is 0. The average molecular weight is 521 g/mol. The number of carboxylic acid groups (broad SMARTS) is 1. The van der Waals surface area contributed by atoms with Gasteiger partial charge in [-0.2, -0.15) is 0 Å². The van der Waals surface area contributed by atoms with Crippen molar-refractivity contribution in [2.24, 2.45) is 5.73 Å². The second-order valence-corrected chi connectivity index (χ2v) is 10.2. The number of rotatable bonds is 10. The summed E-state index contributed by atoms with van der Waals surface area (Å²) in [7, 11) is 0. The number of carbonyl (C=O) groups excluding carboxylic acids is 3. The molecule has 4 N–H and O–H groups in total. The van der Waals surface area contributed by atoms with Crippen molar-refractivity contribution >= 4 is 23.7 Å². The van der Waals surface area contributed by atoms with E-state index in [1.807, 2.05) is 60.7 Å². The molecule has 4 rings (SSSR count). The van der Waals surface area contributed by atoms with Crippen LogP contribution >= 0.6 is 0 Å². The molecule has 9 nitrogen and oxygen atoms in total. The van der Waals surface area contributed by atoms with Gasteiger partial charge >= 0.3 is 5.97 Å². The number of carbonyl (C=O) groups is 4. The highest BCUT2D eigenvalue weighted by molar-refractivity contribution is 5.94. The normalized spacial score (nSPS) is 20.7. The Morgan fingerprint density at radius 1 is 0.842 bits per heavy atom. The van der Waals surface area contributed by atoms with Crippen molar-refractivity contribution in [2.45, 2.75) is 69.1 Å². The van der Waals surface area contributed by atoms with Crippen LogP contribution in [0.15, 0.2) is 60.7 Å². The second kappa shape index (κ2) is 12.7. The molecule has 0 bridgehead atoms. The maximum Gasteiger partial charge on any atom is 0.326 e. The molecule has 2 fully saturated rings. The van der Waals surface area contributed by atoms with Gasteiger partial charge in [0.15, 0.2) is 0 Å². The lowest BCUT2D eigenvalue weighted by Gasteiger charge is -2.32. The van der Waals surface area contributed by atoms with Crippen LogP contribution in [0.3, 0.4) is 0 Å². The lowest BCUT2D eigenvalue weighted by molar-refractivity contribution is -0.148. The molecule has 2 aliphatic rings. The summed E-state index contributed by atoms with van der Waals surface area (Å²) in [5, 5.41) is 12.3. The van der Waals surface area contributed by atoms with Gasteiger partial charge in [-0.1, -0.05) is 60.7 Å². The summed E-state index contributed by atoms with van der Waals surface area (Å²) in [4.78, 5) is 54.8. The number of nitrogens with zero attached hydrogens (tertiary/aromatic N) is 2. The highest BCUT2D eigenvalue weighted by Crippen LogP contribution is 2.26. The number of nitrogens with one attached hydrogen (secondary N) is 1. The van der Waals surface area contributed by atoms with Crippen LogP contribution in [0, 0.1) is 0 Å². The van der Waals surface area contributed by atoms with Gasteiger partial charge in [0.2, 0.25) is 17.7 Å². The summed E-state index contributed by atoms with van der Waals surface area (Å²) in [5.74, 6) is -2.00. The third kappa shape index (κ3) is 6.77. The van der Waals surface area contributed by atoms with Gasteiger partial charge in [0.25, 0.3) is 0 Å². The lowest BCUT2D eigenvalue weighted by atomic mass is 10.0. The lowest BCUT2D eigenvalue weighted by Crippen LogP contribution is -2.55. The van der Waals surface area contributed by atoms with E-state index in [0.29, 0.717) is 45.2 Å². The van der Waals surface area contributed by atoms with Gasteiger partial charge in [-0.3, -0.25) is 14.4 Å². The molecular weight excluding hydrogens is 484 g/mol. The number of amides is 3. The zero-order valence-electron chi connectivity index (χ0n) is 21.5. The van der Waals surface area contributed by atoms with E-state index >= 15 is 0 Å².